The zero-order valence-electron chi connectivity index (χ0n) is 9.17. The number of aromatic nitrogens is 2. The van der Waals surface area contributed by atoms with Crippen LogP contribution in [0.3, 0.4) is 0 Å². The van der Waals surface area contributed by atoms with E-state index >= 15 is 0 Å². The summed E-state index contributed by atoms with van der Waals surface area (Å²) in [6, 6.07) is 0.642. The molecule has 0 amide bonds. The number of hydrogen-bond acceptors (Lipinski definition) is 5. The van der Waals surface area contributed by atoms with E-state index in [1.165, 1.54) is 6.33 Å². The second-order valence-electron chi connectivity index (χ2n) is 4.40. The lowest BCUT2D eigenvalue weighted by molar-refractivity contribution is 0.186. The first-order valence-electron chi connectivity index (χ1n) is 5.78. The van der Waals surface area contributed by atoms with Crippen LogP contribution in [0.5, 0.6) is 5.75 Å². The van der Waals surface area contributed by atoms with Crippen molar-refractivity contribution in [2.45, 2.75) is 18.6 Å². The zero-order chi connectivity index (χ0) is 10.8. The number of ether oxygens (including phenoxy) is 1. The highest BCUT2D eigenvalue weighted by atomic mass is 16.5. The molecule has 0 saturated carbocycles. The van der Waals surface area contributed by atoms with Crippen molar-refractivity contribution in [1.82, 2.24) is 20.2 Å². The van der Waals surface area contributed by atoms with Gasteiger partial charge in [-0.3, -0.25) is 4.90 Å². The predicted octanol–water partition coefficient (Wildman–Crippen LogP) is -0.0985. The molecular formula is C11H16N4O. The minimum atomic E-state index is 0.288. The van der Waals surface area contributed by atoms with Gasteiger partial charge in [0.2, 0.25) is 0 Å². The molecule has 0 aromatic carbocycles. The number of fused-ring (bicyclic) bond motifs is 1. The lowest BCUT2D eigenvalue weighted by atomic mass is 10.2. The molecule has 0 radical (unpaired) electrons. The van der Waals surface area contributed by atoms with E-state index in [2.05, 4.69) is 20.2 Å². The topological polar surface area (TPSA) is 50.3 Å². The quantitative estimate of drug-likeness (QED) is 0.754. The summed E-state index contributed by atoms with van der Waals surface area (Å²) in [4.78, 5) is 10.4. The van der Waals surface area contributed by atoms with Gasteiger partial charge in [-0.15, -0.1) is 0 Å². The third-order valence-corrected chi connectivity index (χ3v) is 3.28. The first kappa shape index (κ1) is 9.99. The maximum atomic E-state index is 5.87. The molecule has 16 heavy (non-hydrogen) atoms. The Labute approximate surface area is 94.8 Å². The zero-order valence-corrected chi connectivity index (χ0v) is 9.17. The Bertz CT molecular complexity index is 331. The number of hydrogen-bond donors (Lipinski definition) is 1. The highest BCUT2D eigenvalue weighted by Gasteiger charge is 2.34. The van der Waals surface area contributed by atoms with Gasteiger partial charge in [0.1, 0.15) is 12.4 Å². The normalized spacial score (nSPS) is 30.0. The summed E-state index contributed by atoms with van der Waals surface area (Å²) in [6.45, 7) is 4.35. The molecule has 1 aromatic rings. The smallest absolute Gasteiger partial charge is 0.156 e. The number of nitrogens with zero attached hydrogens (tertiary/aromatic N) is 3. The van der Waals surface area contributed by atoms with Crippen molar-refractivity contribution in [3.05, 3.63) is 18.7 Å². The number of nitrogens with one attached hydrogen (secondary N) is 1. The van der Waals surface area contributed by atoms with Crippen molar-refractivity contribution < 1.29 is 4.74 Å². The van der Waals surface area contributed by atoms with Crippen LogP contribution >= 0.6 is 0 Å². The van der Waals surface area contributed by atoms with Gasteiger partial charge in [-0.05, 0) is 0 Å². The van der Waals surface area contributed by atoms with Gasteiger partial charge >= 0.3 is 0 Å². The summed E-state index contributed by atoms with van der Waals surface area (Å²) in [6.07, 6.45) is 6.36. The molecule has 5 nitrogen and oxygen atoms in total. The Morgan fingerprint density at radius 2 is 2.25 bits per heavy atom. The standard InChI is InChI=1S/C11H16N4O/c1-2-15-7-10(3-9(15)4-12-1)16-11-5-13-8-14-6-11/h5-6,8-10,12H,1-4,7H2/t9-,10+/m0/s1. The summed E-state index contributed by atoms with van der Waals surface area (Å²) in [5.41, 5.74) is 0. The largest absolute Gasteiger partial charge is 0.486 e. The van der Waals surface area contributed by atoms with Crippen molar-refractivity contribution in [3.8, 4) is 5.75 Å². The fourth-order valence-electron chi connectivity index (χ4n) is 2.54. The Hall–Kier alpha value is -1.20. The summed E-state index contributed by atoms with van der Waals surface area (Å²) in [5, 5.41) is 3.42. The molecule has 3 rings (SSSR count). The van der Waals surface area contributed by atoms with Gasteiger partial charge in [-0.2, -0.15) is 0 Å². The molecule has 86 valence electrons. The van der Waals surface area contributed by atoms with E-state index in [-0.39, 0.29) is 6.10 Å². The van der Waals surface area contributed by atoms with Gasteiger partial charge in [0, 0.05) is 38.6 Å². The summed E-state index contributed by atoms with van der Waals surface area (Å²) >= 11 is 0. The summed E-state index contributed by atoms with van der Waals surface area (Å²) in [5.74, 6) is 0.778. The van der Waals surface area contributed by atoms with Crippen molar-refractivity contribution in [1.29, 1.82) is 0 Å². The highest BCUT2D eigenvalue weighted by Crippen LogP contribution is 2.22. The van der Waals surface area contributed by atoms with E-state index < -0.39 is 0 Å². The van der Waals surface area contributed by atoms with Gasteiger partial charge in [0.05, 0.1) is 12.4 Å². The molecule has 3 heterocycles. The maximum Gasteiger partial charge on any atom is 0.156 e. The minimum Gasteiger partial charge on any atom is -0.486 e. The van der Waals surface area contributed by atoms with E-state index in [0.29, 0.717) is 6.04 Å². The average molecular weight is 220 g/mol. The van der Waals surface area contributed by atoms with Crippen molar-refractivity contribution >= 4 is 0 Å². The third-order valence-electron chi connectivity index (χ3n) is 3.28. The third kappa shape index (κ3) is 2.01. The van der Waals surface area contributed by atoms with Crippen LogP contribution in [0, 0.1) is 0 Å². The predicted molar refractivity (Wildman–Crippen MR) is 59.3 cm³/mol. The average Bonchev–Trinajstić information content (AvgIpc) is 2.72. The van der Waals surface area contributed by atoms with Crippen LogP contribution in [0.25, 0.3) is 0 Å². The molecule has 1 N–H and O–H groups in total. The van der Waals surface area contributed by atoms with Crippen LogP contribution in [0.1, 0.15) is 6.42 Å². The van der Waals surface area contributed by atoms with Gasteiger partial charge in [-0.25, -0.2) is 9.97 Å². The van der Waals surface area contributed by atoms with E-state index in [9.17, 15) is 0 Å². The monoisotopic (exact) mass is 220 g/mol. The van der Waals surface area contributed by atoms with Crippen LogP contribution < -0.4 is 10.1 Å². The molecule has 0 bridgehead atoms. The Morgan fingerprint density at radius 3 is 3.06 bits per heavy atom. The Kier molecular flexibility index (Phi) is 2.71. The first-order valence-corrected chi connectivity index (χ1v) is 5.78. The molecule has 1 aromatic heterocycles. The fraction of sp³-hybridized carbons (Fsp3) is 0.636. The second-order valence-corrected chi connectivity index (χ2v) is 4.40. The Morgan fingerprint density at radius 1 is 1.38 bits per heavy atom. The molecule has 2 aliphatic rings. The Balaban J connectivity index is 1.61. The fourth-order valence-corrected chi connectivity index (χ4v) is 2.54. The van der Waals surface area contributed by atoms with E-state index in [1.54, 1.807) is 12.4 Å². The molecule has 2 aliphatic heterocycles. The minimum absolute atomic E-state index is 0.288. The van der Waals surface area contributed by atoms with E-state index in [4.69, 9.17) is 4.74 Å². The van der Waals surface area contributed by atoms with E-state index in [0.717, 1.165) is 38.3 Å². The van der Waals surface area contributed by atoms with Crippen LogP contribution in [-0.2, 0) is 0 Å². The van der Waals surface area contributed by atoms with Gasteiger partial charge in [0.25, 0.3) is 0 Å². The van der Waals surface area contributed by atoms with E-state index in [1.807, 2.05) is 0 Å². The van der Waals surface area contributed by atoms with Crippen LogP contribution in [0.2, 0.25) is 0 Å². The number of rotatable bonds is 2. The molecule has 5 heteroatoms. The SMILES string of the molecule is c1ncc(O[C@@H]2C[C@H]3CNCCN3C2)cn1. The molecule has 0 spiro atoms. The first-order chi connectivity index (χ1) is 7.92. The van der Waals surface area contributed by atoms with Gasteiger partial charge in [0.15, 0.2) is 5.75 Å². The molecule has 2 atom stereocenters. The second kappa shape index (κ2) is 4.35. The highest BCUT2D eigenvalue weighted by molar-refractivity contribution is 5.11. The van der Waals surface area contributed by atoms with Crippen LogP contribution in [-0.4, -0.2) is 53.2 Å². The molecule has 0 aliphatic carbocycles. The van der Waals surface area contributed by atoms with Crippen LogP contribution in [0.4, 0.5) is 0 Å². The van der Waals surface area contributed by atoms with Crippen molar-refractivity contribution in [2.24, 2.45) is 0 Å². The molecular weight excluding hydrogens is 204 g/mol. The lowest BCUT2D eigenvalue weighted by Gasteiger charge is -2.29. The molecule has 2 saturated heterocycles. The van der Waals surface area contributed by atoms with Gasteiger partial charge < -0.3 is 10.1 Å². The van der Waals surface area contributed by atoms with Crippen LogP contribution in [0.15, 0.2) is 18.7 Å². The molecule has 0 unspecified atom stereocenters. The molecule has 2 fully saturated rings. The van der Waals surface area contributed by atoms with Crippen molar-refractivity contribution in [2.75, 3.05) is 26.2 Å². The number of piperazine rings is 1. The van der Waals surface area contributed by atoms with Gasteiger partial charge in [-0.1, -0.05) is 0 Å². The van der Waals surface area contributed by atoms with Crippen molar-refractivity contribution in [3.63, 3.8) is 0 Å². The summed E-state index contributed by atoms with van der Waals surface area (Å²) in [7, 11) is 0. The summed E-state index contributed by atoms with van der Waals surface area (Å²) < 4.78 is 5.87. The maximum absolute atomic E-state index is 5.87. The lowest BCUT2D eigenvalue weighted by Crippen LogP contribution is -2.47.